The van der Waals surface area contributed by atoms with Gasteiger partial charge in [0.05, 0.1) is 17.6 Å². The average Bonchev–Trinajstić information content (AvgIpc) is 3.14. The predicted octanol–water partition coefficient (Wildman–Crippen LogP) is 3.76. The summed E-state index contributed by atoms with van der Waals surface area (Å²) in [6.45, 7) is -0.0122. The first kappa shape index (κ1) is 19.0. The zero-order chi connectivity index (χ0) is 19.8. The Morgan fingerprint density at radius 1 is 1.14 bits per heavy atom. The number of aliphatic hydroxyl groups excluding tert-OH is 1. The molecule has 1 aromatic heterocycles. The van der Waals surface area contributed by atoms with Crippen LogP contribution in [0.4, 0.5) is 0 Å². The van der Waals surface area contributed by atoms with Gasteiger partial charge in [0.15, 0.2) is 11.6 Å². The molecule has 2 aromatic carbocycles. The molecule has 28 heavy (non-hydrogen) atoms. The molecule has 0 spiro atoms. The molecule has 0 aliphatic rings. The molecule has 0 aliphatic carbocycles. The normalized spacial score (nSPS) is 11.5. The molecule has 2 N–H and O–H groups in total. The number of H-pyrrole nitrogens is 1. The lowest BCUT2D eigenvalue weighted by Gasteiger charge is -2.07. The highest BCUT2D eigenvalue weighted by molar-refractivity contribution is 5.82. The van der Waals surface area contributed by atoms with Crippen LogP contribution in [0, 0.1) is 11.3 Å². The Hall–Kier alpha value is -3.79. The standard InChI is InChI=1S/C21H19N3O4/c22-13-16(21-23-17-9-4-5-10-18(17)24-21)19(25)14-28-20(26)11-6-12-27-15-7-2-1-3-8-15/h1-5,7-10,25H,6,11-12,14H2,(H,23,24). The first-order chi connectivity index (χ1) is 13.7. The maximum Gasteiger partial charge on any atom is 0.306 e. The van der Waals surface area contributed by atoms with Crippen LogP contribution in [0.3, 0.4) is 0 Å². The van der Waals surface area contributed by atoms with Crippen LogP contribution in [0.2, 0.25) is 0 Å². The number of ether oxygens (including phenoxy) is 2. The summed E-state index contributed by atoms with van der Waals surface area (Å²) in [6, 6.07) is 18.5. The maximum atomic E-state index is 11.8. The number of aliphatic hydroxyl groups is 1. The van der Waals surface area contributed by atoms with Crippen molar-refractivity contribution in [1.82, 2.24) is 9.97 Å². The number of imidazole rings is 1. The summed E-state index contributed by atoms with van der Waals surface area (Å²) in [5.74, 6) is 0.134. The highest BCUT2D eigenvalue weighted by Crippen LogP contribution is 2.19. The van der Waals surface area contributed by atoms with Crippen LogP contribution >= 0.6 is 0 Å². The van der Waals surface area contributed by atoms with E-state index in [0.29, 0.717) is 18.5 Å². The van der Waals surface area contributed by atoms with Gasteiger partial charge in [0.25, 0.3) is 0 Å². The van der Waals surface area contributed by atoms with Gasteiger partial charge in [0, 0.05) is 6.42 Å². The third kappa shape index (κ3) is 4.89. The van der Waals surface area contributed by atoms with E-state index >= 15 is 0 Å². The number of benzene rings is 2. The third-order valence-corrected chi connectivity index (χ3v) is 3.93. The number of nitrogens with one attached hydrogen (secondary N) is 1. The smallest absolute Gasteiger partial charge is 0.306 e. The van der Waals surface area contributed by atoms with Gasteiger partial charge in [-0.15, -0.1) is 0 Å². The average molecular weight is 377 g/mol. The van der Waals surface area contributed by atoms with Gasteiger partial charge in [0.1, 0.15) is 24.0 Å². The van der Waals surface area contributed by atoms with Crippen molar-refractivity contribution < 1.29 is 19.4 Å². The van der Waals surface area contributed by atoms with E-state index in [9.17, 15) is 15.2 Å². The van der Waals surface area contributed by atoms with E-state index in [1.807, 2.05) is 54.6 Å². The second-order valence-corrected chi connectivity index (χ2v) is 5.96. The number of carbonyl (C=O) groups is 1. The first-order valence-electron chi connectivity index (χ1n) is 8.78. The number of aromatic amines is 1. The molecule has 0 atom stereocenters. The van der Waals surface area contributed by atoms with E-state index in [1.165, 1.54) is 0 Å². The molecule has 3 aromatic rings. The van der Waals surface area contributed by atoms with Crippen LogP contribution in [0.5, 0.6) is 5.75 Å². The molecule has 7 nitrogen and oxygen atoms in total. The van der Waals surface area contributed by atoms with Gasteiger partial charge in [0.2, 0.25) is 0 Å². The Morgan fingerprint density at radius 3 is 2.64 bits per heavy atom. The number of hydrogen-bond acceptors (Lipinski definition) is 6. The number of nitrogens with zero attached hydrogens (tertiary/aromatic N) is 2. The lowest BCUT2D eigenvalue weighted by molar-refractivity contribution is -0.143. The fourth-order valence-corrected chi connectivity index (χ4v) is 2.54. The van der Waals surface area contributed by atoms with Crippen LogP contribution in [0.25, 0.3) is 16.6 Å². The summed E-state index contributed by atoms with van der Waals surface area (Å²) >= 11 is 0. The molecule has 1 heterocycles. The maximum absolute atomic E-state index is 11.8. The molecule has 0 radical (unpaired) electrons. The Balaban J connectivity index is 1.50. The number of aromatic nitrogens is 2. The van der Waals surface area contributed by atoms with Gasteiger partial charge in [-0.25, -0.2) is 4.98 Å². The number of hydrogen-bond donors (Lipinski definition) is 2. The molecule has 0 unspecified atom stereocenters. The summed E-state index contributed by atoms with van der Waals surface area (Å²) < 4.78 is 10.5. The predicted molar refractivity (Wildman–Crippen MR) is 103 cm³/mol. The minimum Gasteiger partial charge on any atom is -0.507 e. The number of para-hydroxylation sites is 3. The largest absolute Gasteiger partial charge is 0.507 e. The van der Waals surface area contributed by atoms with Crippen molar-refractivity contribution in [3.05, 3.63) is 66.2 Å². The number of allylic oxidation sites excluding steroid dienone is 1. The van der Waals surface area contributed by atoms with E-state index < -0.39 is 12.6 Å². The molecule has 3 rings (SSSR count). The van der Waals surface area contributed by atoms with E-state index in [4.69, 9.17) is 9.47 Å². The number of carbonyl (C=O) groups excluding carboxylic acids is 1. The zero-order valence-electron chi connectivity index (χ0n) is 15.1. The van der Waals surface area contributed by atoms with E-state index in [1.54, 1.807) is 6.07 Å². The second-order valence-electron chi connectivity index (χ2n) is 5.96. The molecule has 7 heteroatoms. The van der Waals surface area contributed by atoms with Gasteiger partial charge < -0.3 is 19.6 Å². The van der Waals surface area contributed by atoms with Crippen LogP contribution in [-0.2, 0) is 9.53 Å². The molecule has 142 valence electrons. The quantitative estimate of drug-likeness (QED) is 0.268. The second kappa shape index (κ2) is 9.24. The van der Waals surface area contributed by atoms with Crippen LogP contribution in [0.1, 0.15) is 18.7 Å². The van der Waals surface area contributed by atoms with E-state index in [-0.39, 0.29) is 23.6 Å². The molecule has 0 fully saturated rings. The molecule has 0 amide bonds. The summed E-state index contributed by atoms with van der Waals surface area (Å²) in [5.41, 5.74) is 1.36. The highest BCUT2D eigenvalue weighted by atomic mass is 16.5. The Morgan fingerprint density at radius 2 is 1.89 bits per heavy atom. The van der Waals surface area contributed by atoms with E-state index in [0.717, 1.165) is 11.3 Å². The van der Waals surface area contributed by atoms with Crippen molar-refractivity contribution in [2.24, 2.45) is 0 Å². The van der Waals surface area contributed by atoms with E-state index in [2.05, 4.69) is 9.97 Å². The molecular weight excluding hydrogens is 358 g/mol. The summed E-state index contributed by atoms with van der Waals surface area (Å²) in [6.07, 6.45) is 0.625. The lowest BCUT2D eigenvalue weighted by Crippen LogP contribution is -2.10. The number of esters is 1. The summed E-state index contributed by atoms with van der Waals surface area (Å²) in [4.78, 5) is 19.1. The lowest BCUT2D eigenvalue weighted by atomic mass is 10.2. The topological polar surface area (TPSA) is 108 Å². The Kier molecular flexibility index (Phi) is 6.26. The van der Waals surface area contributed by atoms with Crippen molar-refractivity contribution in [1.29, 1.82) is 5.26 Å². The van der Waals surface area contributed by atoms with Crippen molar-refractivity contribution in [2.75, 3.05) is 13.2 Å². The number of rotatable bonds is 8. The van der Waals surface area contributed by atoms with Gasteiger partial charge in [-0.1, -0.05) is 30.3 Å². The minimum atomic E-state index is -0.481. The van der Waals surface area contributed by atoms with Gasteiger partial charge in [-0.3, -0.25) is 4.79 Å². The first-order valence-corrected chi connectivity index (χ1v) is 8.78. The van der Waals surface area contributed by atoms with Crippen LogP contribution in [0.15, 0.2) is 60.4 Å². The van der Waals surface area contributed by atoms with Crippen molar-refractivity contribution in [3.63, 3.8) is 0 Å². The van der Waals surface area contributed by atoms with Crippen molar-refractivity contribution >= 4 is 22.6 Å². The van der Waals surface area contributed by atoms with Crippen LogP contribution in [-0.4, -0.2) is 34.3 Å². The van der Waals surface area contributed by atoms with Gasteiger partial charge >= 0.3 is 5.97 Å². The number of fused-ring (bicyclic) bond motifs is 1. The fraction of sp³-hybridized carbons (Fsp3) is 0.190. The van der Waals surface area contributed by atoms with Gasteiger partial charge in [-0.05, 0) is 30.7 Å². The monoisotopic (exact) mass is 377 g/mol. The SMILES string of the molecule is N#CC(=C(O)COC(=O)CCCOc1ccccc1)c1nc2ccccc2[nH]1. The van der Waals surface area contributed by atoms with Gasteiger partial charge in [-0.2, -0.15) is 5.26 Å². The van der Waals surface area contributed by atoms with Crippen molar-refractivity contribution in [2.45, 2.75) is 12.8 Å². The summed E-state index contributed by atoms with van der Waals surface area (Å²) in [5, 5.41) is 19.5. The number of nitriles is 1. The fourth-order valence-electron chi connectivity index (χ4n) is 2.54. The third-order valence-electron chi connectivity index (χ3n) is 3.93. The highest BCUT2D eigenvalue weighted by Gasteiger charge is 2.14. The zero-order valence-corrected chi connectivity index (χ0v) is 15.1. The minimum absolute atomic E-state index is 0.0589. The molecular formula is C21H19N3O4. The summed E-state index contributed by atoms with van der Waals surface area (Å²) in [7, 11) is 0. The molecule has 0 bridgehead atoms. The van der Waals surface area contributed by atoms with Crippen molar-refractivity contribution in [3.8, 4) is 11.8 Å². The Labute approximate surface area is 161 Å². The molecule has 0 saturated carbocycles. The Bertz CT molecular complexity index is 986. The molecule has 0 aliphatic heterocycles. The molecule has 0 saturated heterocycles. The van der Waals surface area contributed by atoms with Crippen LogP contribution < -0.4 is 4.74 Å².